The number of guanidine groups is 1. The number of hydrogen-bond donors (Lipinski definition) is 2. The van der Waals surface area contributed by atoms with Crippen LogP contribution >= 0.6 is 24.0 Å². The van der Waals surface area contributed by atoms with Crippen LogP contribution in [0.2, 0.25) is 0 Å². The van der Waals surface area contributed by atoms with Crippen molar-refractivity contribution < 1.29 is 4.74 Å². The second kappa shape index (κ2) is 12.3. The Kier molecular flexibility index (Phi) is 10.8. The highest BCUT2D eigenvalue weighted by Crippen LogP contribution is 2.15. The van der Waals surface area contributed by atoms with E-state index in [-0.39, 0.29) is 24.0 Å². The largest absolute Gasteiger partial charge is 0.478 e. The summed E-state index contributed by atoms with van der Waals surface area (Å²) in [5, 5.41) is 6.81. The standard InChI is InChI=1S/C18H31N5O.HI/c1-4-19-18(22-14-16-8-7-11-23(16)5-2)21-13-15-9-10-20-17(12-15)24-6-3;/h9-10,12,16H,4-8,11,13-14H2,1-3H3,(H2,19,21,22);1H. The highest BCUT2D eigenvalue weighted by molar-refractivity contribution is 14.0. The number of rotatable bonds is 8. The molecule has 0 amide bonds. The summed E-state index contributed by atoms with van der Waals surface area (Å²) in [6.07, 6.45) is 4.33. The van der Waals surface area contributed by atoms with Crippen LogP contribution in [0.15, 0.2) is 23.3 Å². The number of likely N-dealkylation sites (N-methyl/N-ethyl adjacent to an activating group) is 1. The molecule has 2 heterocycles. The summed E-state index contributed by atoms with van der Waals surface area (Å²) in [6, 6.07) is 4.54. The van der Waals surface area contributed by atoms with Crippen molar-refractivity contribution in [3.63, 3.8) is 0 Å². The van der Waals surface area contributed by atoms with E-state index in [9.17, 15) is 0 Å². The molecule has 1 aromatic heterocycles. The maximum Gasteiger partial charge on any atom is 0.213 e. The van der Waals surface area contributed by atoms with E-state index < -0.39 is 0 Å². The molecule has 7 heteroatoms. The van der Waals surface area contributed by atoms with Gasteiger partial charge in [-0.15, -0.1) is 24.0 Å². The van der Waals surface area contributed by atoms with Crippen molar-refractivity contribution in [1.29, 1.82) is 0 Å². The summed E-state index contributed by atoms with van der Waals surface area (Å²) in [7, 11) is 0. The Balaban J connectivity index is 0.00000312. The molecule has 1 aromatic rings. The molecule has 1 atom stereocenters. The Morgan fingerprint density at radius 1 is 1.36 bits per heavy atom. The van der Waals surface area contributed by atoms with Gasteiger partial charge in [-0.25, -0.2) is 9.98 Å². The molecule has 1 aliphatic rings. The number of ether oxygens (including phenoxy) is 1. The summed E-state index contributed by atoms with van der Waals surface area (Å²) in [5.74, 6) is 1.53. The second-order valence-corrected chi connectivity index (χ2v) is 5.94. The van der Waals surface area contributed by atoms with Crippen LogP contribution in [-0.2, 0) is 6.54 Å². The quantitative estimate of drug-likeness (QED) is 0.354. The number of pyridine rings is 1. The highest BCUT2D eigenvalue weighted by atomic mass is 127. The molecule has 6 nitrogen and oxygen atoms in total. The van der Waals surface area contributed by atoms with Crippen molar-refractivity contribution in [2.24, 2.45) is 4.99 Å². The first kappa shape index (κ1) is 22.0. The van der Waals surface area contributed by atoms with Gasteiger partial charge >= 0.3 is 0 Å². The van der Waals surface area contributed by atoms with Crippen LogP contribution in [0.5, 0.6) is 5.88 Å². The number of likely N-dealkylation sites (tertiary alicyclic amines) is 1. The lowest BCUT2D eigenvalue weighted by Gasteiger charge is -2.24. The third-order valence-corrected chi connectivity index (χ3v) is 4.27. The average Bonchev–Trinajstić information content (AvgIpc) is 3.05. The van der Waals surface area contributed by atoms with E-state index in [0.29, 0.717) is 25.1 Å². The first-order valence-electron chi connectivity index (χ1n) is 9.10. The third-order valence-electron chi connectivity index (χ3n) is 4.27. The number of nitrogens with zero attached hydrogens (tertiary/aromatic N) is 3. The van der Waals surface area contributed by atoms with Crippen molar-refractivity contribution >= 4 is 29.9 Å². The van der Waals surface area contributed by atoms with E-state index in [2.05, 4.69) is 39.4 Å². The van der Waals surface area contributed by atoms with Gasteiger partial charge in [0.05, 0.1) is 13.2 Å². The van der Waals surface area contributed by atoms with Gasteiger partial charge in [0.15, 0.2) is 5.96 Å². The lowest BCUT2D eigenvalue weighted by atomic mass is 10.2. The molecule has 1 aliphatic heterocycles. The van der Waals surface area contributed by atoms with E-state index in [1.54, 1.807) is 6.20 Å². The Morgan fingerprint density at radius 2 is 2.20 bits per heavy atom. The fourth-order valence-corrected chi connectivity index (χ4v) is 3.04. The Bertz CT molecular complexity index is 526. The molecule has 1 saturated heterocycles. The molecule has 0 spiro atoms. The molecule has 1 fully saturated rings. The third kappa shape index (κ3) is 7.35. The zero-order valence-corrected chi connectivity index (χ0v) is 18.0. The topological polar surface area (TPSA) is 61.8 Å². The Morgan fingerprint density at radius 3 is 2.92 bits per heavy atom. The fraction of sp³-hybridized carbons (Fsp3) is 0.667. The highest BCUT2D eigenvalue weighted by Gasteiger charge is 2.22. The van der Waals surface area contributed by atoms with Crippen molar-refractivity contribution in [3.8, 4) is 5.88 Å². The molecule has 1 unspecified atom stereocenters. The summed E-state index contributed by atoms with van der Waals surface area (Å²) in [5.41, 5.74) is 1.10. The van der Waals surface area contributed by atoms with Gasteiger partial charge in [0.25, 0.3) is 0 Å². The fourth-order valence-electron chi connectivity index (χ4n) is 3.04. The van der Waals surface area contributed by atoms with Crippen LogP contribution in [0.3, 0.4) is 0 Å². The SMILES string of the molecule is CCNC(=NCc1ccnc(OCC)c1)NCC1CCCN1CC.I. The van der Waals surface area contributed by atoms with Gasteiger partial charge in [-0.1, -0.05) is 6.92 Å². The second-order valence-electron chi connectivity index (χ2n) is 5.94. The molecular formula is C18H32IN5O. The van der Waals surface area contributed by atoms with Crippen LogP contribution in [0.25, 0.3) is 0 Å². The number of aliphatic imine (C=N–C) groups is 1. The van der Waals surface area contributed by atoms with Gasteiger partial charge in [0, 0.05) is 31.4 Å². The first-order valence-corrected chi connectivity index (χ1v) is 9.10. The molecule has 0 radical (unpaired) electrons. The van der Waals surface area contributed by atoms with Crippen LogP contribution in [0.1, 0.15) is 39.2 Å². The summed E-state index contributed by atoms with van der Waals surface area (Å²) < 4.78 is 5.44. The minimum Gasteiger partial charge on any atom is -0.478 e. The summed E-state index contributed by atoms with van der Waals surface area (Å²) in [6.45, 7) is 11.7. The first-order chi connectivity index (χ1) is 11.8. The van der Waals surface area contributed by atoms with Gasteiger partial charge in [-0.3, -0.25) is 4.90 Å². The maximum atomic E-state index is 5.44. The van der Waals surface area contributed by atoms with Crippen molar-refractivity contribution in [3.05, 3.63) is 23.9 Å². The molecule has 0 aromatic carbocycles. The zero-order valence-electron chi connectivity index (χ0n) is 15.6. The Hall–Kier alpha value is -1.09. The molecule has 0 aliphatic carbocycles. The van der Waals surface area contributed by atoms with Gasteiger partial charge in [0.2, 0.25) is 5.88 Å². The molecule has 142 valence electrons. The lowest BCUT2D eigenvalue weighted by Crippen LogP contribution is -2.44. The van der Waals surface area contributed by atoms with Crippen LogP contribution in [0, 0.1) is 0 Å². The average molecular weight is 461 g/mol. The maximum absolute atomic E-state index is 5.44. The molecule has 25 heavy (non-hydrogen) atoms. The molecule has 0 bridgehead atoms. The van der Waals surface area contributed by atoms with E-state index in [1.165, 1.54) is 19.4 Å². The molecular weight excluding hydrogens is 429 g/mol. The van der Waals surface area contributed by atoms with Gasteiger partial charge in [-0.2, -0.15) is 0 Å². The van der Waals surface area contributed by atoms with Gasteiger partial charge in [0.1, 0.15) is 0 Å². The van der Waals surface area contributed by atoms with E-state index in [4.69, 9.17) is 4.74 Å². The van der Waals surface area contributed by atoms with Crippen molar-refractivity contribution in [2.45, 2.75) is 46.2 Å². The normalized spacial score (nSPS) is 17.9. The number of nitrogens with one attached hydrogen (secondary N) is 2. The van der Waals surface area contributed by atoms with Crippen molar-refractivity contribution in [1.82, 2.24) is 20.5 Å². The molecule has 2 rings (SSSR count). The number of hydrogen-bond acceptors (Lipinski definition) is 4. The lowest BCUT2D eigenvalue weighted by molar-refractivity contribution is 0.267. The van der Waals surface area contributed by atoms with Crippen LogP contribution in [-0.4, -0.2) is 54.7 Å². The van der Waals surface area contributed by atoms with Gasteiger partial charge < -0.3 is 15.4 Å². The van der Waals surface area contributed by atoms with Crippen molar-refractivity contribution in [2.75, 3.05) is 32.8 Å². The smallest absolute Gasteiger partial charge is 0.213 e. The molecule has 2 N–H and O–H groups in total. The molecule has 0 saturated carbocycles. The predicted molar refractivity (Wildman–Crippen MR) is 114 cm³/mol. The number of halogens is 1. The van der Waals surface area contributed by atoms with Gasteiger partial charge in [-0.05, 0) is 51.4 Å². The summed E-state index contributed by atoms with van der Waals surface area (Å²) >= 11 is 0. The van der Waals surface area contributed by atoms with E-state index in [1.807, 2.05) is 19.1 Å². The van der Waals surface area contributed by atoms with E-state index >= 15 is 0 Å². The predicted octanol–water partition coefficient (Wildman–Crippen LogP) is 2.64. The minimum atomic E-state index is 0. The Labute approximate surface area is 168 Å². The minimum absolute atomic E-state index is 0. The monoisotopic (exact) mass is 461 g/mol. The number of aromatic nitrogens is 1. The summed E-state index contributed by atoms with van der Waals surface area (Å²) in [4.78, 5) is 11.4. The van der Waals surface area contributed by atoms with Crippen LogP contribution < -0.4 is 15.4 Å². The zero-order chi connectivity index (χ0) is 17.2. The van der Waals surface area contributed by atoms with Crippen LogP contribution in [0.4, 0.5) is 0 Å². The van der Waals surface area contributed by atoms with E-state index in [0.717, 1.165) is 31.2 Å².